The summed E-state index contributed by atoms with van der Waals surface area (Å²) in [6.45, 7) is 3.94. The Morgan fingerprint density at radius 3 is 2.74 bits per heavy atom. The fourth-order valence-electron chi connectivity index (χ4n) is 3.63. The molecule has 1 aromatic carbocycles. The second kappa shape index (κ2) is 7.34. The number of methoxy groups -OCH3 is 1. The largest absolute Gasteiger partial charge is 0.496 e. The fraction of sp³-hybridized carbons (Fsp3) is 0.474. The average Bonchev–Trinajstić information content (AvgIpc) is 3.06. The van der Waals surface area contributed by atoms with Crippen molar-refractivity contribution in [2.24, 2.45) is 0 Å². The van der Waals surface area contributed by atoms with Crippen LogP contribution in [-0.4, -0.2) is 49.3 Å². The Morgan fingerprint density at radius 1 is 1.37 bits per heavy atom. The number of benzene rings is 1. The quantitative estimate of drug-likeness (QED) is 0.781. The lowest BCUT2D eigenvalue weighted by molar-refractivity contribution is -0.117. The zero-order valence-corrected chi connectivity index (χ0v) is 16.9. The van der Waals surface area contributed by atoms with E-state index in [2.05, 4.69) is 12.0 Å². The number of ether oxygens (including phenoxy) is 1. The van der Waals surface area contributed by atoms with Crippen LogP contribution in [0, 0.1) is 0 Å². The lowest BCUT2D eigenvalue weighted by atomic mass is 9.92. The summed E-state index contributed by atoms with van der Waals surface area (Å²) >= 11 is 0. The van der Waals surface area contributed by atoms with Gasteiger partial charge in [-0.05, 0) is 31.9 Å². The first-order chi connectivity index (χ1) is 12.7. The van der Waals surface area contributed by atoms with Gasteiger partial charge in [-0.15, -0.1) is 0 Å². The van der Waals surface area contributed by atoms with Gasteiger partial charge in [0.15, 0.2) is 0 Å². The number of fused-ring (bicyclic) bond motifs is 1. The molecule has 1 atom stereocenters. The summed E-state index contributed by atoms with van der Waals surface area (Å²) in [4.78, 5) is 13.9. The van der Waals surface area contributed by atoms with E-state index in [1.54, 1.807) is 24.9 Å². The van der Waals surface area contributed by atoms with Crippen molar-refractivity contribution in [1.29, 1.82) is 0 Å². The van der Waals surface area contributed by atoms with Gasteiger partial charge >= 0.3 is 0 Å². The van der Waals surface area contributed by atoms with Gasteiger partial charge in [0, 0.05) is 42.1 Å². The van der Waals surface area contributed by atoms with E-state index < -0.39 is 9.84 Å². The number of amides is 1. The number of hydrogen-bond acceptors (Lipinski definition) is 5. The molecule has 0 N–H and O–H groups in total. The lowest BCUT2D eigenvalue weighted by Gasteiger charge is -2.35. The molecule has 2 aromatic rings. The van der Waals surface area contributed by atoms with Crippen molar-refractivity contribution in [2.75, 3.05) is 24.0 Å². The van der Waals surface area contributed by atoms with Crippen molar-refractivity contribution in [2.45, 2.75) is 39.3 Å². The smallest absolute Gasteiger partial charge is 0.224 e. The summed E-state index contributed by atoms with van der Waals surface area (Å²) in [5, 5.41) is 4.27. The molecule has 0 radical (unpaired) electrons. The zero-order valence-electron chi connectivity index (χ0n) is 16.1. The summed E-state index contributed by atoms with van der Waals surface area (Å²) in [6, 6.07) is 4.05. The first-order valence-electron chi connectivity index (χ1n) is 8.91. The van der Waals surface area contributed by atoms with E-state index >= 15 is 0 Å². The van der Waals surface area contributed by atoms with Gasteiger partial charge in [0.05, 0.1) is 31.3 Å². The van der Waals surface area contributed by atoms with Crippen LogP contribution >= 0.6 is 0 Å². The monoisotopic (exact) mass is 391 g/mol. The molecule has 2 heterocycles. The molecule has 3 rings (SSSR count). The number of hydrogen-bond donors (Lipinski definition) is 0. The third-order valence-corrected chi connectivity index (χ3v) is 5.85. The number of sulfone groups is 1. The van der Waals surface area contributed by atoms with Gasteiger partial charge in [-0.1, -0.05) is 0 Å². The average molecular weight is 391 g/mol. The van der Waals surface area contributed by atoms with Crippen LogP contribution in [0.4, 0.5) is 5.69 Å². The predicted molar refractivity (Wildman–Crippen MR) is 105 cm³/mol. The Bertz CT molecular complexity index is 965. The molecule has 0 unspecified atom stereocenters. The number of aromatic nitrogens is 2. The summed E-state index contributed by atoms with van der Waals surface area (Å²) in [5.74, 6) is 0.807. The molecule has 27 heavy (non-hydrogen) atoms. The van der Waals surface area contributed by atoms with Crippen molar-refractivity contribution >= 4 is 21.4 Å². The molecule has 1 aromatic heterocycles. The van der Waals surface area contributed by atoms with Gasteiger partial charge < -0.3 is 9.64 Å². The maximum Gasteiger partial charge on any atom is 0.224 e. The highest BCUT2D eigenvalue weighted by molar-refractivity contribution is 7.90. The topological polar surface area (TPSA) is 81.5 Å². The van der Waals surface area contributed by atoms with Gasteiger partial charge in [-0.25, -0.2) is 8.42 Å². The zero-order chi connectivity index (χ0) is 19.8. The third-order valence-electron chi connectivity index (χ3n) is 4.93. The minimum Gasteiger partial charge on any atom is -0.496 e. The van der Waals surface area contributed by atoms with Crippen LogP contribution in [0.15, 0.2) is 24.5 Å². The number of carbonyl (C=O) groups is 1. The number of nitrogens with zero attached hydrogens (tertiary/aromatic N) is 3. The van der Waals surface area contributed by atoms with E-state index in [0.717, 1.165) is 41.0 Å². The van der Waals surface area contributed by atoms with E-state index in [1.807, 2.05) is 23.2 Å². The molecule has 146 valence electrons. The van der Waals surface area contributed by atoms with Crippen molar-refractivity contribution in [3.8, 4) is 16.9 Å². The van der Waals surface area contributed by atoms with Crippen molar-refractivity contribution < 1.29 is 17.9 Å². The number of anilines is 1. The molecule has 0 fully saturated rings. The highest BCUT2D eigenvalue weighted by atomic mass is 32.2. The van der Waals surface area contributed by atoms with Gasteiger partial charge in [0.25, 0.3) is 0 Å². The summed E-state index contributed by atoms with van der Waals surface area (Å²) in [6.07, 6.45) is 6.45. The molecule has 0 saturated carbocycles. The molecule has 0 aliphatic carbocycles. The van der Waals surface area contributed by atoms with E-state index in [0.29, 0.717) is 6.54 Å². The van der Waals surface area contributed by atoms with Gasteiger partial charge in [-0.2, -0.15) is 5.10 Å². The minimum atomic E-state index is -3.05. The Kier molecular flexibility index (Phi) is 5.28. The second-order valence-electron chi connectivity index (χ2n) is 7.04. The van der Waals surface area contributed by atoms with E-state index in [-0.39, 0.29) is 17.7 Å². The van der Waals surface area contributed by atoms with E-state index in [9.17, 15) is 13.2 Å². The second-order valence-corrected chi connectivity index (χ2v) is 9.30. The molecule has 8 heteroatoms. The van der Waals surface area contributed by atoms with Gasteiger partial charge in [0.1, 0.15) is 15.6 Å². The van der Waals surface area contributed by atoms with Crippen molar-refractivity contribution in [3.63, 3.8) is 0 Å². The van der Waals surface area contributed by atoms with Crippen molar-refractivity contribution in [3.05, 3.63) is 30.1 Å². The van der Waals surface area contributed by atoms with Crippen LogP contribution in [-0.2, 0) is 27.6 Å². The first-order valence-corrected chi connectivity index (χ1v) is 11.0. The Morgan fingerprint density at radius 2 is 2.11 bits per heavy atom. The van der Waals surface area contributed by atoms with Crippen LogP contribution in [0.3, 0.4) is 0 Å². The molecule has 1 aliphatic rings. The number of carbonyl (C=O) groups excluding carboxylic acids is 1. The van der Waals surface area contributed by atoms with Crippen LogP contribution < -0.4 is 9.64 Å². The summed E-state index contributed by atoms with van der Waals surface area (Å²) in [5.41, 5.74) is 3.66. The van der Waals surface area contributed by atoms with E-state index in [4.69, 9.17) is 4.74 Å². The van der Waals surface area contributed by atoms with Gasteiger partial charge in [0.2, 0.25) is 5.91 Å². The van der Waals surface area contributed by atoms with Crippen LogP contribution in [0.1, 0.15) is 25.8 Å². The standard InChI is InChI=1S/C19H25N3O4S/c1-13-5-6-17-18(22(13)14(2)23)8-7-16(19(17)26-3)15-11-20-21(12-15)9-10-27(4,24)25/h7-8,11-13H,5-6,9-10H2,1-4H3/t13-/m0/s1. The molecular weight excluding hydrogens is 366 g/mol. The van der Waals surface area contributed by atoms with Gasteiger partial charge in [-0.3, -0.25) is 9.48 Å². The SMILES string of the molecule is COc1c(-c2cnn(CCS(C)(=O)=O)c2)ccc2c1CC[C@H](C)N2C(C)=O. The van der Waals surface area contributed by atoms with Crippen molar-refractivity contribution in [1.82, 2.24) is 9.78 Å². The Labute approximate surface area is 159 Å². The highest BCUT2D eigenvalue weighted by Gasteiger charge is 2.29. The highest BCUT2D eigenvalue weighted by Crippen LogP contribution is 2.42. The fourth-order valence-corrected chi connectivity index (χ4v) is 4.15. The molecular formula is C19H25N3O4S. The molecule has 7 nitrogen and oxygen atoms in total. The Hall–Kier alpha value is -2.35. The molecule has 0 spiro atoms. The summed E-state index contributed by atoms with van der Waals surface area (Å²) < 4.78 is 30.1. The summed E-state index contributed by atoms with van der Waals surface area (Å²) in [7, 11) is -1.42. The Balaban J connectivity index is 1.99. The molecule has 1 aliphatic heterocycles. The normalized spacial score (nSPS) is 16.9. The number of rotatable bonds is 5. The minimum absolute atomic E-state index is 0.0202. The first kappa shape index (κ1) is 19.4. The molecule has 0 bridgehead atoms. The molecule has 0 saturated heterocycles. The maximum atomic E-state index is 12.1. The maximum absolute atomic E-state index is 12.1. The lowest BCUT2D eigenvalue weighted by Crippen LogP contribution is -2.40. The molecule has 1 amide bonds. The third kappa shape index (κ3) is 4.00. The van der Waals surface area contributed by atoms with Crippen LogP contribution in [0.2, 0.25) is 0 Å². The predicted octanol–water partition coefficient (Wildman–Crippen LogP) is 2.29. The number of aryl methyl sites for hydroxylation is 1. The van der Waals surface area contributed by atoms with E-state index in [1.165, 1.54) is 6.26 Å². The van der Waals surface area contributed by atoms with Crippen LogP contribution in [0.5, 0.6) is 5.75 Å². The van der Waals surface area contributed by atoms with Crippen LogP contribution in [0.25, 0.3) is 11.1 Å².